The van der Waals surface area contributed by atoms with Crippen LogP contribution >= 0.6 is 15.9 Å². The van der Waals surface area contributed by atoms with Crippen molar-refractivity contribution in [3.8, 4) is 34.5 Å². The molecule has 2 aromatic carbocycles. The van der Waals surface area contributed by atoms with Crippen LogP contribution in [0.5, 0.6) is 34.5 Å². The van der Waals surface area contributed by atoms with Crippen LogP contribution < -0.4 is 0 Å². The molecule has 0 aliphatic carbocycles. The first-order valence-corrected chi connectivity index (χ1v) is 10.1. The number of carbonyl (C=O) groups excluding carboxylic acids is 3. The molecule has 0 spiro atoms. The van der Waals surface area contributed by atoms with Gasteiger partial charge in [0.1, 0.15) is 18.3 Å². The van der Waals surface area contributed by atoms with E-state index >= 15 is 0 Å². The molecule has 2 aromatic rings. The third-order valence-corrected chi connectivity index (χ3v) is 5.48. The van der Waals surface area contributed by atoms with E-state index in [9.17, 15) is 70.6 Å². The molecule has 0 unspecified atom stereocenters. The van der Waals surface area contributed by atoms with Crippen molar-refractivity contribution in [3.63, 3.8) is 0 Å². The Labute approximate surface area is 202 Å². The van der Waals surface area contributed by atoms with Crippen molar-refractivity contribution < 1.29 is 70.6 Å². The fourth-order valence-electron chi connectivity index (χ4n) is 3.04. The molecule has 0 radical (unpaired) electrons. The first kappa shape index (κ1) is 27.8. The Bertz CT molecular complexity index is 1060. The van der Waals surface area contributed by atoms with E-state index in [1.54, 1.807) is 0 Å². The van der Waals surface area contributed by atoms with Crippen molar-refractivity contribution in [2.45, 2.75) is 30.0 Å². The van der Waals surface area contributed by atoms with Crippen LogP contribution in [0.2, 0.25) is 0 Å². The highest BCUT2D eigenvalue weighted by Gasteiger charge is 2.55. The summed E-state index contributed by atoms with van der Waals surface area (Å²) in [6.45, 7) is 0. The molecule has 35 heavy (non-hydrogen) atoms. The van der Waals surface area contributed by atoms with E-state index in [2.05, 4.69) is 15.9 Å². The summed E-state index contributed by atoms with van der Waals surface area (Å²) in [5.41, 5.74) is -5.72. The molecule has 0 fully saturated rings. The lowest BCUT2D eigenvalue weighted by atomic mass is 9.77. The van der Waals surface area contributed by atoms with E-state index in [1.165, 1.54) is 0 Å². The van der Waals surface area contributed by atoms with Crippen LogP contribution in [0.15, 0.2) is 24.3 Å². The summed E-state index contributed by atoms with van der Waals surface area (Å²) in [6, 6.07) is 1.81. The number of halogens is 1. The average molecular weight is 563 g/mol. The highest BCUT2D eigenvalue weighted by Crippen LogP contribution is 2.39. The van der Waals surface area contributed by atoms with Gasteiger partial charge in [0.05, 0.1) is 0 Å². The van der Waals surface area contributed by atoms with Crippen molar-refractivity contribution in [1.82, 2.24) is 0 Å². The number of phenolic OH excluding ortho intramolecular Hbond substituents is 6. The lowest BCUT2D eigenvalue weighted by Gasteiger charge is -2.35. The van der Waals surface area contributed by atoms with Crippen molar-refractivity contribution >= 4 is 32.2 Å². The first-order chi connectivity index (χ1) is 16.0. The Hall–Kier alpha value is -3.47. The van der Waals surface area contributed by atoms with Crippen molar-refractivity contribution in [1.29, 1.82) is 0 Å². The maximum atomic E-state index is 13.2. The standard InChI is InChI=1S/C20H19BrO14/c21-19(34)15(30)13(28)14(29)18(33)20(35,16(31)5-1-7(22)11(26)8(23)2-5)17(32)6-3-9(24)12(27)10(25)4-6/h1-4,13-15,18,22-30,33,35H/t13-,14-,15+,18-/m0/s1. The van der Waals surface area contributed by atoms with Crippen molar-refractivity contribution in [3.05, 3.63) is 35.4 Å². The fourth-order valence-corrected chi connectivity index (χ4v) is 3.31. The quantitative estimate of drug-likeness (QED) is 0.0687. The fraction of sp³-hybridized carbons (Fsp3) is 0.250. The van der Waals surface area contributed by atoms with Crippen LogP contribution in [0.25, 0.3) is 0 Å². The predicted molar refractivity (Wildman–Crippen MR) is 114 cm³/mol. The van der Waals surface area contributed by atoms with Crippen molar-refractivity contribution in [2.75, 3.05) is 0 Å². The summed E-state index contributed by atoms with van der Waals surface area (Å²) in [4.78, 5) is 37.6. The van der Waals surface area contributed by atoms with E-state index in [0.29, 0.717) is 24.3 Å². The molecule has 0 heterocycles. The zero-order valence-electron chi connectivity index (χ0n) is 17.1. The number of benzene rings is 2. The number of hydrogen-bond donors (Lipinski definition) is 11. The number of aliphatic hydroxyl groups is 5. The lowest BCUT2D eigenvalue weighted by molar-refractivity contribution is -0.150. The molecule has 0 aliphatic heterocycles. The minimum absolute atomic E-state index is 0.452. The van der Waals surface area contributed by atoms with Crippen molar-refractivity contribution in [2.24, 2.45) is 0 Å². The number of Topliss-reactive ketones (excluding diaryl/α,β-unsaturated/α-hetero) is 2. The van der Waals surface area contributed by atoms with Gasteiger partial charge < -0.3 is 56.2 Å². The largest absolute Gasteiger partial charge is 0.504 e. The molecule has 0 saturated carbocycles. The van der Waals surface area contributed by atoms with Gasteiger partial charge in [-0.3, -0.25) is 14.4 Å². The summed E-state index contributed by atoms with van der Waals surface area (Å²) in [5.74, 6) is -10.4. The smallest absolute Gasteiger partial charge is 0.228 e. The lowest BCUT2D eigenvalue weighted by Crippen LogP contribution is -2.63. The predicted octanol–water partition coefficient (Wildman–Crippen LogP) is -1.92. The molecular formula is C20H19BrO14. The van der Waals surface area contributed by atoms with Gasteiger partial charge in [0.15, 0.2) is 40.6 Å². The van der Waals surface area contributed by atoms with Gasteiger partial charge in [-0.25, -0.2) is 0 Å². The normalized spacial score (nSPS) is 15.1. The second-order valence-electron chi connectivity index (χ2n) is 7.33. The Kier molecular flexibility index (Phi) is 7.96. The second kappa shape index (κ2) is 10.0. The van der Waals surface area contributed by atoms with Crippen LogP contribution in [0.4, 0.5) is 0 Å². The minimum Gasteiger partial charge on any atom is -0.504 e. The number of phenols is 6. The second-order valence-corrected chi connectivity index (χ2v) is 8.11. The number of aromatic hydroxyl groups is 6. The molecule has 4 atom stereocenters. The molecule has 15 heteroatoms. The number of aliphatic hydroxyl groups excluding tert-OH is 4. The average Bonchev–Trinajstić information content (AvgIpc) is 2.81. The van der Waals surface area contributed by atoms with Gasteiger partial charge in [-0.1, -0.05) is 0 Å². The van der Waals surface area contributed by atoms with Gasteiger partial charge >= 0.3 is 0 Å². The van der Waals surface area contributed by atoms with Crippen LogP contribution in [0.1, 0.15) is 20.7 Å². The van der Waals surface area contributed by atoms with Crippen LogP contribution in [-0.4, -0.2) is 102 Å². The maximum absolute atomic E-state index is 13.2. The summed E-state index contributed by atoms with van der Waals surface area (Å²) in [7, 11) is 0. The Balaban J connectivity index is 2.73. The van der Waals surface area contributed by atoms with Crippen LogP contribution in [0, 0.1) is 0 Å². The van der Waals surface area contributed by atoms with Gasteiger partial charge in [-0.05, 0) is 40.2 Å². The molecule has 11 N–H and O–H groups in total. The van der Waals surface area contributed by atoms with E-state index in [-0.39, 0.29) is 0 Å². The molecule has 0 saturated heterocycles. The van der Waals surface area contributed by atoms with Gasteiger partial charge in [0, 0.05) is 11.1 Å². The summed E-state index contributed by atoms with van der Waals surface area (Å²) < 4.78 is -1.29. The van der Waals surface area contributed by atoms with E-state index < -0.39 is 91.9 Å². The van der Waals surface area contributed by atoms with E-state index in [4.69, 9.17) is 0 Å². The molecule has 190 valence electrons. The Morgan fingerprint density at radius 1 is 0.657 bits per heavy atom. The summed E-state index contributed by atoms with van der Waals surface area (Å²) in [5, 5.41) is 109. The van der Waals surface area contributed by atoms with Gasteiger partial charge in [0.25, 0.3) is 0 Å². The van der Waals surface area contributed by atoms with E-state index in [1.807, 2.05) is 0 Å². The van der Waals surface area contributed by atoms with Crippen LogP contribution in [0.3, 0.4) is 0 Å². The topological polar surface area (TPSA) is 274 Å². The highest BCUT2D eigenvalue weighted by atomic mass is 79.9. The van der Waals surface area contributed by atoms with Gasteiger partial charge in [-0.15, -0.1) is 0 Å². The third kappa shape index (κ3) is 5.00. The molecule has 0 amide bonds. The number of ketones is 2. The Morgan fingerprint density at radius 3 is 1.26 bits per heavy atom. The highest BCUT2D eigenvalue weighted by molar-refractivity contribution is 9.18. The Morgan fingerprint density at radius 2 is 0.971 bits per heavy atom. The summed E-state index contributed by atoms with van der Waals surface area (Å²) in [6.07, 6.45) is -10.8. The molecule has 0 aliphatic rings. The number of hydrogen-bond acceptors (Lipinski definition) is 14. The monoisotopic (exact) mass is 562 g/mol. The van der Waals surface area contributed by atoms with E-state index in [0.717, 1.165) is 0 Å². The maximum Gasteiger partial charge on any atom is 0.228 e. The molecule has 0 aromatic heterocycles. The third-order valence-electron chi connectivity index (χ3n) is 5.01. The van der Waals surface area contributed by atoms with Gasteiger partial charge in [-0.2, -0.15) is 0 Å². The number of rotatable bonds is 9. The zero-order valence-corrected chi connectivity index (χ0v) is 18.7. The molecular weight excluding hydrogens is 544 g/mol. The number of carbonyl (C=O) groups is 3. The summed E-state index contributed by atoms with van der Waals surface area (Å²) >= 11 is 2.29. The van der Waals surface area contributed by atoms with Crippen LogP contribution in [-0.2, 0) is 4.79 Å². The SMILES string of the molecule is O=C(Br)[C@H](O)[C@@H](O)[C@H](O)[C@H](O)C(O)(C(=O)c1cc(O)c(O)c(O)c1)C(=O)c1cc(O)c(O)c(O)c1. The molecule has 2 rings (SSSR count). The first-order valence-electron chi connectivity index (χ1n) is 9.29. The zero-order chi connectivity index (χ0) is 27.0. The molecule has 14 nitrogen and oxygen atoms in total. The van der Waals surface area contributed by atoms with Gasteiger partial charge in [0.2, 0.25) is 21.9 Å². The molecule has 0 bridgehead atoms. The minimum atomic E-state index is -3.86.